The lowest BCUT2D eigenvalue weighted by Crippen LogP contribution is -2.22. The van der Waals surface area contributed by atoms with Gasteiger partial charge in [0, 0.05) is 22.3 Å². The molecule has 2 unspecified atom stereocenters. The molecular weight excluding hydrogens is 683 g/mol. The number of nitrogens with two attached hydrogens (primary N) is 2. The van der Waals surface area contributed by atoms with E-state index in [1.165, 1.54) is 0 Å². The summed E-state index contributed by atoms with van der Waals surface area (Å²) in [6.45, 7) is 5.95. The predicted molar refractivity (Wildman–Crippen MR) is 196 cm³/mol. The van der Waals surface area contributed by atoms with Crippen LogP contribution in [0.15, 0.2) is 24.3 Å². The molecule has 0 fully saturated rings. The largest absolute Gasteiger partial charge is 0.508 e. The van der Waals surface area contributed by atoms with E-state index in [4.69, 9.17) is 44.1 Å². The van der Waals surface area contributed by atoms with Crippen LogP contribution in [0.25, 0.3) is 0 Å². The minimum atomic E-state index is -0.951. The zero-order valence-electron chi connectivity index (χ0n) is 29.6. The molecule has 0 aromatic heterocycles. The first kappa shape index (κ1) is 41.2. The third kappa shape index (κ3) is 11.9. The first-order valence-corrected chi connectivity index (χ1v) is 18.9. The van der Waals surface area contributed by atoms with Crippen molar-refractivity contribution in [3.8, 4) is 23.0 Å². The average molecular weight is 740 g/mol. The molecule has 0 aliphatic heterocycles. The number of hydrogen-bond donors (Lipinski definition) is 6. The average Bonchev–Trinajstić information content (AvgIpc) is 3.02. The number of carbonyl (C=O) groups is 2. The van der Waals surface area contributed by atoms with E-state index in [9.17, 15) is 30.0 Å². The van der Waals surface area contributed by atoms with E-state index < -0.39 is 29.2 Å². The Hall–Kier alpha value is -3.24. The van der Waals surface area contributed by atoms with Crippen LogP contribution in [0.5, 0.6) is 23.0 Å². The van der Waals surface area contributed by atoms with Crippen LogP contribution in [0.3, 0.4) is 0 Å². The van der Waals surface area contributed by atoms with Crippen molar-refractivity contribution in [3.63, 3.8) is 0 Å². The van der Waals surface area contributed by atoms with Crippen LogP contribution < -0.4 is 11.5 Å². The molecule has 4 aliphatic carbocycles. The molecule has 6 atom stereocenters. The summed E-state index contributed by atoms with van der Waals surface area (Å²) < 4.78 is 11.1. The number of hydrogen-bond acceptors (Lipinski definition) is 8. The Morgan fingerprint density at radius 2 is 1.06 bits per heavy atom. The molecule has 0 saturated carbocycles. The summed E-state index contributed by atoms with van der Waals surface area (Å²) in [5.74, 6) is -1.01. The molecule has 2 aromatic rings. The van der Waals surface area contributed by atoms with Crippen LogP contribution in [-0.4, -0.2) is 37.4 Å². The fourth-order valence-electron chi connectivity index (χ4n) is 7.58. The fraction of sp³-hybridized carbons (Fsp3) is 0.632. The highest BCUT2D eigenvalue weighted by molar-refractivity contribution is 6.44. The molecule has 280 valence electrons. The van der Waals surface area contributed by atoms with Crippen molar-refractivity contribution in [1.29, 1.82) is 0 Å². The molecule has 4 bridgehead atoms. The van der Waals surface area contributed by atoms with Gasteiger partial charge in [0.2, 0.25) is 0 Å². The summed E-state index contributed by atoms with van der Waals surface area (Å²) in [7, 11) is 0. The SMILES string of the molecule is CCCCC1CCCC[C@H](C)[C@@H](OC(N)=O)c2cc(O)c(c(O)c2)C(CCCC(Cl)Cl)CCCC[C@H](C)[C@@H](OC(N)=O)c2cc(O)c1c(O)c2. The minimum absolute atomic E-state index is 0.0431. The highest BCUT2D eigenvalue weighted by Gasteiger charge is 2.30. The molecule has 0 heterocycles. The standard InChI is InChI=1S/C38H56Cl2N2O8/c1-4-5-13-24-14-8-6-11-22(2)36(50-38(42)48)27-20-30(45)34(31(46)21-27)25(16-10-17-32(39)40)15-9-7-12-23(3)35(49-37(41)47)26-18-28(43)33(24)29(44)19-26/h18-25,32,35-36,43-46H,4-17H2,1-3H3,(H2,41,47)(H2,42,48)/t22-,23-,24?,25?,35+,36+/m0/s1. The van der Waals surface area contributed by atoms with Crippen LogP contribution in [0, 0.1) is 11.8 Å². The zero-order chi connectivity index (χ0) is 37.0. The molecule has 10 nitrogen and oxygen atoms in total. The van der Waals surface area contributed by atoms with E-state index in [1.807, 2.05) is 13.8 Å². The van der Waals surface area contributed by atoms with Gasteiger partial charge >= 0.3 is 12.2 Å². The molecule has 50 heavy (non-hydrogen) atoms. The lowest BCUT2D eigenvalue weighted by Gasteiger charge is -2.28. The predicted octanol–water partition coefficient (Wildman–Crippen LogP) is 10.2. The van der Waals surface area contributed by atoms with Crippen molar-refractivity contribution in [2.24, 2.45) is 23.3 Å². The second-order valence-electron chi connectivity index (χ2n) is 14.0. The second kappa shape index (κ2) is 20.0. The minimum Gasteiger partial charge on any atom is -0.508 e. The topological polar surface area (TPSA) is 186 Å². The summed E-state index contributed by atoms with van der Waals surface area (Å²) in [4.78, 5) is 23.4. The van der Waals surface area contributed by atoms with Crippen LogP contribution in [0.1, 0.15) is 157 Å². The van der Waals surface area contributed by atoms with Crippen LogP contribution in [0.2, 0.25) is 0 Å². The Kier molecular flexibility index (Phi) is 16.4. The van der Waals surface area contributed by atoms with E-state index in [-0.39, 0.29) is 46.7 Å². The van der Waals surface area contributed by atoms with E-state index in [0.717, 1.165) is 32.1 Å². The Labute approximate surface area is 306 Å². The van der Waals surface area contributed by atoms with E-state index in [2.05, 4.69) is 6.92 Å². The molecule has 12 heteroatoms. The normalized spacial score (nSPS) is 24.0. The van der Waals surface area contributed by atoms with Gasteiger partial charge in [0.25, 0.3) is 0 Å². The third-order valence-electron chi connectivity index (χ3n) is 10.1. The number of alkyl halides is 2. The van der Waals surface area contributed by atoms with Crippen LogP contribution in [-0.2, 0) is 9.47 Å². The van der Waals surface area contributed by atoms with Crippen LogP contribution >= 0.6 is 23.2 Å². The van der Waals surface area contributed by atoms with E-state index in [0.29, 0.717) is 80.0 Å². The lowest BCUT2D eigenvalue weighted by molar-refractivity contribution is 0.0683. The maximum atomic E-state index is 12.0. The Morgan fingerprint density at radius 3 is 1.40 bits per heavy atom. The first-order valence-electron chi connectivity index (χ1n) is 18.0. The number of rotatable bonds is 9. The number of phenolic OH excluding ortho intramolecular Hbond substituents is 4. The molecule has 0 spiro atoms. The van der Waals surface area contributed by atoms with Crippen molar-refractivity contribution in [2.75, 3.05) is 0 Å². The lowest BCUT2D eigenvalue weighted by atomic mass is 9.83. The molecular formula is C38H56Cl2N2O8. The number of phenols is 4. The first-order chi connectivity index (χ1) is 23.7. The fourth-order valence-corrected chi connectivity index (χ4v) is 7.89. The van der Waals surface area contributed by atoms with Gasteiger partial charge in [0.05, 0.1) is 0 Å². The Morgan fingerprint density at radius 1 is 0.700 bits per heavy atom. The van der Waals surface area contributed by atoms with Gasteiger partial charge in [-0.25, -0.2) is 9.59 Å². The van der Waals surface area contributed by atoms with E-state index >= 15 is 0 Å². The van der Waals surface area contributed by atoms with Crippen molar-refractivity contribution >= 4 is 35.4 Å². The number of benzene rings is 2. The van der Waals surface area contributed by atoms with Gasteiger partial charge < -0.3 is 41.4 Å². The quantitative estimate of drug-likeness (QED) is 0.137. The molecule has 2 amide bonds. The molecule has 6 rings (SSSR count). The summed E-state index contributed by atoms with van der Waals surface area (Å²) >= 11 is 12.0. The summed E-state index contributed by atoms with van der Waals surface area (Å²) in [5.41, 5.74) is 12.7. The monoisotopic (exact) mass is 738 g/mol. The molecule has 0 radical (unpaired) electrons. The zero-order valence-corrected chi connectivity index (χ0v) is 31.1. The summed E-state index contributed by atoms with van der Waals surface area (Å²) in [5, 5.41) is 45.2. The summed E-state index contributed by atoms with van der Waals surface area (Å²) in [6, 6.07) is 6.24. The number of unbranched alkanes of at least 4 members (excludes halogenated alkanes) is 1. The van der Waals surface area contributed by atoms with Crippen molar-refractivity contribution in [1.82, 2.24) is 0 Å². The van der Waals surface area contributed by atoms with Crippen molar-refractivity contribution in [3.05, 3.63) is 46.5 Å². The molecule has 0 saturated heterocycles. The van der Waals surface area contributed by atoms with Gasteiger partial charge in [-0.3, -0.25) is 0 Å². The van der Waals surface area contributed by atoms with Gasteiger partial charge in [-0.15, -0.1) is 23.2 Å². The van der Waals surface area contributed by atoms with Crippen molar-refractivity contribution in [2.45, 2.75) is 140 Å². The van der Waals surface area contributed by atoms with Gasteiger partial charge in [-0.2, -0.15) is 0 Å². The van der Waals surface area contributed by atoms with Gasteiger partial charge in [-0.1, -0.05) is 65.7 Å². The van der Waals surface area contributed by atoms with E-state index in [1.54, 1.807) is 24.3 Å². The maximum absolute atomic E-state index is 12.0. The van der Waals surface area contributed by atoms with Gasteiger partial charge in [0.1, 0.15) is 40.0 Å². The number of primary amides is 2. The second-order valence-corrected chi connectivity index (χ2v) is 15.3. The number of halogens is 2. The maximum Gasteiger partial charge on any atom is 0.405 e. The molecule has 2 aromatic carbocycles. The number of ether oxygens (including phenoxy) is 2. The third-order valence-corrected chi connectivity index (χ3v) is 10.6. The highest BCUT2D eigenvalue weighted by Crippen LogP contribution is 2.46. The van der Waals surface area contributed by atoms with Gasteiger partial charge in [0.15, 0.2) is 0 Å². The number of carbonyl (C=O) groups excluding carboxylic acids is 2. The molecule has 8 N–H and O–H groups in total. The number of aromatic hydroxyl groups is 4. The smallest absolute Gasteiger partial charge is 0.405 e. The van der Waals surface area contributed by atoms with Crippen molar-refractivity contribution < 1.29 is 39.5 Å². The number of amides is 2. The summed E-state index contributed by atoms with van der Waals surface area (Å²) in [6.07, 6.45) is 6.48. The Bertz CT molecular complexity index is 1360. The Balaban J connectivity index is 2.04. The van der Waals surface area contributed by atoms with Gasteiger partial charge in [-0.05, 0) is 92.9 Å². The highest BCUT2D eigenvalue weighted by atomic mass is 35.5. The molecule has 4 aliphatic rings. The van der Waals surface area contributed by atoms with Crippen LogP contribution in [0.4, 0.5) is 9.59 Å².